The lowest BCUT2D eigenvalue weighted by Gasteiger charge is -2.08. The summed E-state index contributed by atoms with van der Waals surface area (Å²) >= 11 is 5.48. The highest BCUT2D eigenvalue weighted by atomic mass is 35.5. The minimum atomic E-state index is -0.0508. The number of amides is 3. The van der Waals surface area contributed by atoms with Gasteiger partial charge in [-0.2, -0.15) is 0 Å². The van der Waals surface area contributed by atoms with Gasteiger partial charge in [-0.25, -0.2) is 0 Å². The zero-order valence-electron chi connectivity index (χ0n) is 20.7. The van der Waals surface area contributed by atoms with Crippen LogP contribution in [0.2, 0.25) is 0 Å². The van der Waals surface area contributed by atoms with Crippen LogP contribution in [0.15, 0.2) is 0 Å². The molecule has 3 amide bonds. The standard InChI is InChI=1S/C23H44ClN3O7/c1-2-31-14-4-11-25-21(28)7-3-8-22(29)26-12-5-15-32-17-19-34-20-18-33-16-6-13-27-23(30)9-10-24/h2-20H2,1H3,(H,25,28)(H,26,29)(H,27,30). The Morgan fingerprint density at radius 3 is 1.35 bits per heavy atom. The second-order valence-electron chi connectivity index (χ2n) is 7.44. The van der Waals surface area contributed by atoms with E-state index < -0.39 is 0 Å². The first-order valence-corrected chi connectivity index (χ1v) is 12.8. The molecule has 0 atom stereocenters. The van der Waals surface area contributed by atoms with Crippen molar-refractivity contribution in [3.05, 3.63) is 0 Å². The lowest BCUT2D eigenvalue weighted by atomic mass is 10.2. The predicted octanol–water partition coefficient (Wildman–Crippen LogP) is 1.39. The Bertz CT molecular complexity index is 513. The Morgan fingerprint density at radius 1 is 0.559 bits per heavy atom. The van der Waals surface area contributed by atoms with E-state index in [4.69, 9.17) is 30.5 Å². The summed E-state index contributed by atoms with van der Waals surface area (Å²) in [5.41, 5.74) is 0. The van der Waals surface area contributed by atoms with E-state index in [-0.39, 0.29) is 17.7 Å². The average Bonchev–Trinajstić information content (AvgIpc) is 2.81. The zero-order valence-corrected chi connectivity index (χ0v) is 21.4. The molecule has 0 aliphatic carbocycles. The SMILES string of the molecule is CCOCCCNC(=O)CCCC(=O)NCCCOCCOCCOCCCNC(=O)CCCl. The van der Waals surface area contributed by atoms with Crippen molar-refractivity contribution in [2.24, 2.45) is 0 Å². The Hall–Kier alpha value is -1.46. The van der Waals surface area contributed by atoms with Crippen molar-refractivity contribution >= 4 is 29.3 Å². The van der Waals surface area contributed by atoms with Crippen LogP contribution in [0.4, 0.5) is 0 Å². The average molecular weight is 510 g/mol. The van der Waals surface area contributed by atoms with Gasteiger partial charge in [0.2, 0.25) is 17.7 Å². The summed E-state index contributed by atoms with van der Waals surface area (Å²) < 4.78 is 21.5. The molecule has 34 heavy (non-hydrogen) atoms. The lowest BCUT2D eigenvalue weighted by Crippen LogP contribution is -2.27. The van der Waals surface area contributed by atoms with Gasteiger partial charge in [-0.05, 0) is 32.6 Å². The molecule has 3 N–H and O–H groups in total. The molecule has 0 bridgehead atoms. The monoisotopic (exact) mass is 509 g/mol. The van der Waals surface area contributed by atoms with Crippen LogP contribution in [-0.4, -0.2) is 96.1 Å². The van der Waals surface area contributed by atoms with E-state index in [0.29, 0.717) is 104 Å². The number of halogens is 1. The third kappa shape index (κ3) is 25.2. The molecule has 0 rings (SSSR count). The molecule has 0 fully saturated rings. The molecule has 0 unspecified atom stereocenters. The van der Waals surface area contributed by atoms with E-state index in [1.54, 1.807) is 0 Å². The van der Waals surface area contributed by atoms with Gasteiger partial charge in [0, 0.05) is 71.2 Å². The van der Waals surface area contributed by atoms with Crippen LogP contribution in [0.3, 0.4) is 0 Å². The summed E-state index contributed by atoms with van der Waals surface area (Å²) in [5, 5.41) is 8.41. The summed E-state index contributed by atoms with van der Waals surface area (Å²) in [6.07, 6.45) is 3.82. The van der Waals surface area contributed by atoms with E-state index in [1.807, 2.05) is 6.92 Å². The topological polar surface area (TPSA) is 124 Å². The van der Waals surface area contributed by atoms with Crippen molar-refractivity contribution in [3.8, 4) is 0 Å². The van der Waals surface area contributed by atoms with Crippen LogP contribution < -0.4 is 16.0 Å². The molecule has 0 aromatic carbocycles. The number of hydrogen-bond donors (Lipinski definition) is 3. The van der Waals surface area contributed by atoms with Crippen LogP contribution in [0.25, 0.3) is 0 Å². The van der Waals surface area contributed by atoms with Crippen LogP contribution in [0.5, 0.6) is 0 Å². The first-order chi connectivity index (χ1) is 16.6. The molecule has 0 aliphatic heterocycles. The first kappa shape index (κ1) is 32.5. The molecule has 0 aromatic rings. The van der Waals surface area contributed by atoms with Crippen molar-refractivity contribution in [3.63, 3.8) is 0 Å². The van der Waals surface area contributed by atoms with Crippen LogP contribution in [-0.2, 0) is 33.3 Å². The maximum atomic E-state index is 11.8. The van der Waals surface area contributed by atoms with Crippen molar-refractivity contribution in [2.75, 3.05) is 78.4 Å². The molecule has 0 heterocycles. The van der Waals surface area contributed by atoms with Crippen molar-refractivity contribution in [1.82, 2.24) is 16.0 Å². The second kappa shape index (κ2) is 26.2. The highest BCUT2D eigenvalue weighted by Crippen LogP contribution is 1.96. The van der Waals surface area contributed by atoms with E-state index in [9.17, 15) is 14.4 Å². The van der Waals surface area contributed by atoms with Crippen LogP contribution in [0.1, 0.15) is 51.9 Å². The molecule has 200 valence electrons. The number of ether oxygens (including phenoxy) is 4. The fourth-order valence-electron chi connectivity index (χ4n) is 2.65. The predicted molar refractivity (Wildman–Crippen MR) is 131 cm³/mol. The maximum absolute atomic E-state index is 11.8. The Kier molecular flexibility index (Phi) is 25.0. The molecular formula is C23H44ClN3O7. The first-order valence-electron chi connectivity index (χ1n) is 12.3. The van der Waals surface area contributed by atoms with Crippen LogP contribution >= 0.6 is 11.6 Å². The molecule has 0 spiro atoms. The van der Waals surface area contributed by atoms with E-state index >= 15 is 0 Å². The molecule has 10 nitrogen and oxygen atoms in total. The minimum Gasteiger partial charge on any atom is -0.382 e. The van der Waals surface area contributed by atoms with E-state index in [2.05, 4.69) is 16.0 Å². The number of carbonyl (C=O) groups is 3. The largest absolute Gasteiger partial charge is 0.382 e. The van der Waals surface area contributed by atoms with Crippen molar-refractivity contribution in [1.29, 1.82) is 0 Å². The summed E-state index contributed by atoms with van der Waals surface area (Å²) in [6.45, 7) is 8.05. The van der Waals surface area contributed by atoms with Crippen LogP contribution in [0, 0.1) is 0 Å². The summed E-state index contributed by atoms with van der Waals surface area (Å²) in [6, 6.07) is 0. The van der Waals surface area contributed by atoms with E-state index in [1.165, 1.54) is 0 Å². The highest BCUT2D eigenvalue weighted by Gasteiger charge is 2.05. The number of nitrogens with one attached hydrogen (secondary N) is 3. The lowest BCUT2D eigenvalue weighted by molar-refractivity contribution is -0.123. The van der Waals surface area contributed by atoms with Gasteiger partial charge in [0.05, 0.1) is 26.4 Å². The van der Waals surface area contributed by atoms with Gasteiger partial charge in [-0.3, -0.25) is 14.4 Å². The second-order valence-corrected chi connectivity index (χ2v) is 7.82. The number of carbonyl (C=O) groups excluding carboxylic acids is 3. The van der Waals surface area contributed by atoms with Gasteiger partial charge in [0.25, 0.3) is 0 Å². The Balaban J connectivity index is 3.27. The van der Waals surface area contributed by atoms with Gasteiger partial charge in [-0.1, -0.05) is 0 Å². The molecule has 0 saturated heterocycles. The summed E-state index contributed by atoms with van der Waals surface area (Å²) in [4.78, 5) is 34.6. The summed E-state index contributed by atoms with van der Waals surface area (Å²) in [7, 11) is 0. The number of rotatable bonds is 25. The Morgan fingerprint density at radius 2 is 0.941 bits per heavy atom. The molecule has 0 radical (unpaired) electrons. The highest BCUT2D eigenvalue weighted by molar-refractivity contribution is 6.18. The molecule has 0 saturated carbocycles. The molecule has 0 aliphatic rings. The smallest absolute Gasteiger partial charge is 0.221 e. The van der Waals surface area contributed by atoms with Gasteiger partial charge in [-0.15, -0.1) is 11.6 Å². The Labute approximate surface area is 209 Å². The maximum Gasteiger partial charge on any atom is 0.221 e. The third-order valence-corrected chi connectivity index (χ3v) is 4.63. The molecular weight excluding hydrogens is 466 g/mol. The van der Waals surface area contributed by atoms with E-state index in [0.717, 1.165) is 19.3 Å². The van der Waals surface area contributed by atoms with Gasteiger partial charge in [0.15, 0.2) is 0 Å². The van der Waals surface area contributed by atoms with Gasteiger partial charge < -0.3 is 34.9 Å². The number of alkyl halides is 1. The normalized spacial score (nSPS) is 10.8. The zero-order chi connectivity index (χ0) is 25.1. The molecule has 0 aromatic heterocycles. The summed E-state index contributed by atoms with van der Waals surface area (Å²) in [5.74, 6) is 0.210. The fourth-order valence-corrected chi connectivity index (χ4v) is 2.82. The van der Waals surface area contributed by atoms with Gasteiger partial charge >= 0.3 is 0 Å². The van der Waals surface area contributed by atoms with Crippen molar-refractivity contribution < 1.29 is 33.3 Å². The quantitative estimate of drug-likeness (QED) is 0.125. The fraction of sp³-hybridized carbons (Fsp3) is 0.870. The van der Waals surface area contributed by atoms with Gasteiger partial charge in [0.1, 0.15) is 0 Å². The van der Waals surface area contributed by atoms with Crippen molar-refractivity contribution in [2.45, 2.75) is 51.9 Å². The number of hydrogen-bond acceptors (Lipinski definition) is 7. The molecule has 11 heteroatoms. The third-order valence-electron chi connectivity index (χ3n) is 4.44. The minimum absolute atomic E-state index is 0.0321.